The molecule has 1 fully saturated rings. The molecule has 1 heterocycles. The Hall–Kier alpha value is -3.32. The first-order valence-electron chi connectivity index (χ1n) is 13.5. The van der Waals surface area contributed by atoms with Gasteiger partial charge in [-0.1, -0.05) is 45.7 Å². The van der Waals surface area contributed by atoms with E-state index in [1.807, 2.05) is 37.3 Å². The summed E-state index contributed by atoms with van der Waals surface area (Å²) in [7, 11) is 1.60. The zero-order valence-electron chi connectivity index (χ0n) is 23.3. The number of carbonyl (C=O) groups excluding carboxylic acids is 2. The second-order valence-corrected chi connectivity index (χ2v) is 10.1. The molecule has 0 aliphatic carbocycles. The highest BCUT2D eigenvalue weighted by Gasteiger charge is 2.45. The number of Topliss-reactive ketones (excluding diaryl/α,β-unsaturated/α-hetero) is 1. The number of aliphatic hydroxyl groups excluding tert-OH is 1. The molecule has 1 aliphatic rings. The molecule has 2 aromatic carbocycles. The molecule has 2 aromatic rings. The van der Waals surface area contributed by atoms with E-state index in [4.69, 9.17) is 14.2 Å². The summed E-state index contributed by atoms with van der Waals surface area (Å²) >= 11 is 0. The number of aryl methyl sites for hydroxylation is 1. The van der Waals surface area contributed by atoms with E-state index < -0.39 is 17.7 Å². The van der Waals surface area contributed by atoms with E-state index in [9.17, 15) is 14.7 Å². The standard InChI is InChI=1S/C31H41NO6/c1-6-7-8-18-37-24-12-10-23(11-13-24)28-27(30(34)31(35)32(28)16-9-17-36-5)29(33)26-15-14-25(19-22(26)4)38-20-21(2)3/h10-15,19,21,28,33H,6-9,16-18,20H2,1-5H3/b29-27+. The predicted molar refractivity (Wildman–Crippen MR) is 148 cm³/mol. The van der Waals surface area contributed by atoms with Crippen LogP contribution in [0.25, 0.3) is 5.76 Å². The molecular weight excluding hydrogens is 482 g/mol. The number of ketones is 1. The lowest BCUT2D eigenvalue weighted by Gasteiger charge is -2.25. The van der Waals surface area contributed by atoms with Crippen molar-refractivity contribution in [1.82, 2.24) is 4.90 Å². The molecule has 1 amide bonds. The number of unbranched alkanes of at least 4 members (excludes halogenated alkanes) is 2. The van der Waals surface area contributed by atoms with Crippen LogP contribution in [0, 0.1) is 12.8 Å². The average Bonchev–Trinajstić information content (AvgIpc) is 3.15. The number of nitrogens with zero attached hydrogens (tertiary/aromatic N) is 1. The fourth-order valence-electron chi connectivity index (χ4n) is 4.52. The van der Waals surface area contributed by atoms with E-state index >= 15 is 0 Å². The third-order valence-corrected chi connectivity index (χ3v) is 6.54. The maximum atomic E-state index is 13.3. The third-order valence-electron chi connectivity index (χ3n) is 6.54. The van der Waals surface area contributed by atoms with E-state index in [0.29, 0.717) is 50.0 Å². The molecule has 1 atom stereocenters. The quantitative estimate of drug-likeness (QED) is 0.140. The maximum Gasteiger partial charge on any atom is 0.295 e. The number of rotatable bonds is 14. The summed E-state index contributed by atoms with van der Waals surface area (Å²) < 4.78 is 16.8. The Bertz CT molecular complexity index is 1120. The Balaban J connectivity index is 1.97. The molecule has 3 rings (SSSR count). The van der Waals surface area contributed by atoms with Crippen LogP contribution in [0.3, 0.4) is 0 Å². The van der Waals surface area contributed by atoms with Gasteiger partial charge in [-0.3, -0.25) is 9.59 Å². The van der Waals surface area contributed by atoms with Gasteiger partial charge in [0, 0.05) is 25.8 Å². The molecule has 38 heavy (non-hydrogen) atoms. The number of methoxy groups -OCH3 is 1. The van der Waals surface area contributed by atoms with Crippen LogP contribution in [-0.4, -0.2) is 55.2 Å². The van der Waals surface area contributed by atoms with Crippen LogP contribution < -0.4 is 9.47 Å². The number of amides is 1. The molecule has 0 saturated carbocycles. The number of likely N-dealkylation sites (tertiary alicyclic amines) is 1. The van der Waals surface area contributed by atoms with Crippen LogP contribution in [-0.2, 0) is 14.3 Å². The van der Waals surface area contributed by atoms with E-state index in [2.05, 4.69) is 20.8 Å². The van der Waals surface area contributed by atoms with Gasteiger partial charge in [0.05, 0.1) is 24.8 Å². The molecule has 7 nitrogen and oxygen atoms in total. The lowest BCUT2D eigenvalue weighted by molar-refractivity contribution is -0.140. The fraction of sp³-hybridized carbons (Fsp3) is 0.484. The van der Waals surface area contributed by atoms with E-state index in [1.165, 1.54) is 4.90 Å². The minimum atomic E-state index is -0.711. The molecule has 206 valence electrons. The molecule has 0 aromatic heterocycles. The Kier molecular flexibility index (Phi) is 10.8. The summed E-state index contributed by atoms with van der Waals surface area (Å²) in [6.45, 7) is 10.1. The highest BCUT2D eigenvalue weighted by molar-refractivity contribution is 6.46. The normalized spacial score (nSPS) is 16.9. The van der Waals surface area contributed by atoms with Crippen molar-refractivity contribution in [2.75, 3.05) is 33.5 Å². The minimum Gasteiger partial charge on any atom is -0.507 e. The summed E-state index contributed by atoms with van der Waals surface area (Å²) in [5.41, 5.74) is 2.07. The monoisotopic (exact) mass is 523 g/mol. The third kappa shape index (κ3) is 7.16. The van der Waals surface area contributed by atoms with Crippen LogP contribution in [0.5, 0.6) is 11.5 Å². The lowest BCUT2D eigenvalue weighted by Crippen LogP contribution is -2.31. The number of hydrogen-bond acceptors (Lipinski definition) is 6. The zero-order valence-corrected chi connectivity index (χ0v) is 23.3. The highest BCUT2D eigenvalue weighted by Crippen LogP contribution is 2.40. The molecule has 1 N–H and O–H groups in total. The second-order valence-electron chi connectivity index (χ2n) is 10.1. The van der Waals surface area contributed by atoms with Gasteiger partial charge in [0.25, 0.3) is 11.7 Å². The van der Waals surface area contributed by atoms with Crippen molar-refractivity contribution < 1.29 is 28.9 Å². The van der Waals surface area contributed by atoms with Gasteiger partial charge < -0.3 is 24.2 Å². The molecule has 1 aliphatic heterocycles. The van der Waals surface area contributed by atoms with Gasteiger partial charge in [-0.2, -0.15) is 0 Å². The maximum absolute atomic E-state index is 13.3. The summed E-state index contributed by atoms with van der Waals surface area (Å²) in [6, 6.07) is 12.1. The van der Waals surface area contributed by atoms with Crippen molar-refractivity contribution in [3.63, 3.8) is 0 Å². The topological polar surface area (TPSA) is 85.3 Å². The van der Waals surface area contributed by atoms with Crippen molar-refractivity contribution in [2.45, 2.75) is 59.4 Å². The number of carbonyl (C=O) groups is 2. The molecule has 0 bridgehead atoms. The average molecular weight is 524 g/mol. The van der Waals surface area contributed by atoms with Crippen LogP contribution in [0.2, 0.25) is 0 Å². The predicted octanol–water partition coefficient (Wildman–Crippen LogP) is 6.06. The Morgan fingerprint density at radius 1 is 0.974 bits per heavy atom. The molecule has 0 spiro atoms. The van der Waals surface area contributed by atoms with Gasteiger partial charge in [-0.05, 0) is 67.1 Å². The molecule has 1 unspecified atom stereocenters. The SMILES string of the molecule is CCCCCOc1ccc(C2/C(=C(\O)c3ccc(OCC(C)C)cc3C)C(=O)C(=O)N2CCCOC)cc1. The van der Waals surface area contributed by atoms with Crippen molar-refractivity contribution in [2.24, 2.45) is 5.92 Å². The van der Waals surface area contributed by atoms with Crippen LogP contribution in [0.1, 0.15) is 69.2 Å². The number of aliphatic hydroxyl groups is 1. The largest absolute Gasteiger partial charge is 0.507 e. The van der Waals surface area contributed by atoms with Crippen molar-refractivity contribution in [3.05, 3.63) is 64.7 Å². The molecular formula is C31H41NO6. The van der Waals surface area contributed by atoms with Crippen molar-refractivity contribution in [1.29, 1.82) is 0 Å². The summed E-state index contributed by atoms with van der Waals surface area (Å²) in [6.07, 6.45) is 3.79. The van der Waals surface area contributed by atoms with E-state index in [1.54, 1.807) is 19.2 Å². The van der Waals surface area contributed by atoms with Gasteiger partial charge in [0.2, 0.25) is 0 Å². The fourth-order valence-corrected chi connectivity index (χ4v) is 4.52. The first-order chi connectivity index (χ1) is 18.3. The first kappa shape index (κ1) is 29.2. The molecule has 7 heteroatoms. The Morgan fingerprint density at radius 3 is 2.32 bits per heavy atom. The number of hydrogen-bond donors (Lipinski definition) is 1. The Morgan fingerprint density at radius 2 is 1.68 bits per heavy atom. The smallest absolute Gasteiger partial charge is 0.295 e. The van der Waals surface area contributed by atoms with Gasteiger partial charge in [-0.25, -0.2) is 0 Å². The highest BCUT2D eigenvalue weighted by atomic mass is 16.5. The Labute approximate surface area is 226 Å². The number of ether oxygens (including phenoxy) is 3. The first-order valence-corrected chi connectivity index (χ1v) is 13.5. The summed E-state index contributed by atoms with van der Waals surface area (Å²) in [5, 5.41) is 11.4. The molecule has 1 saturated heterocycles. The minimum absolute atomic E-state index is 0.0861. The van der Waals surface area contributed by atoms with Crippen LogP contribution in [0.15, 0.2) is 48.0 Å². The van der Waals surface area contributed by atoms with Gasteiger partial charge in [0.15, 0.2) is 0 Å². The van der Waals surface area contributed by atoms with Gasteiger partial charge in [-0.15, -0.1) is 0 Å². The lowest BCUT2D eigenvalue weighted by atomic mass is 9.93. The number of benzene rings is 2. The van der Waals surface area contributed by atoms with E-state index in [0.717, 1.165) is 36.1 Å². The summed E-state index contributed by atoms with van der Waals surface area (Å²) in [5.74, 6) is 0.306. The van der Waals surface area contributed by atoms with Crippen LogP contribution in [0.4, 0.5) is 0 Å². The van der Waals surface area contributed by atoms with Crippen molar-refractivity contribution in [3.8, 4) is 11.5 Å². The van der Waals surface area contributed by atoms with Crippen LogP contribution >= 0.6 is 0 Å². The molecule has 0 radical (unpaired) electrons. The zero-order chi connectivity index (χ0) is 27.7. The van der Waals surface area contributed by atoms with Gasteiger partial charge in [0.1, 0.15) is 17.3 Å². The van der Waals surface area contributed by atoms with E-state index in [-0.39, 0.29) is 11.3 Å². The van der Waals surface area contributed by atoms with Gasteiger partial charge >= 0.3 is 0 Å². The summed E-state index contributed by atoms with van der Waals surface area (Å²) in [4.78, 5) is 27.9. The second kappa shape index (κ2) is 14.0. The van der Waals surface area contributed by atoms with Crippen molar-refractivity contribution >= 4 is 17.4 Å².